The van der Waals surface area contributed by atoms with E-state index in [0.29, 0.717) is 13.0 Å². The summed E-state index contributed by atoms with van der Waals surface area (Å²) in [5.74, 6) is 0.0874. The number of hydrogen-bond acceptors (Lipinski definition) is 3. The predicted molar refractivity (Wildman–Crippen MR) is 73.8 cm³/mol. The summed E-state index contributed by atoms with van der Waals surface area (Å²) in [6, 6.07) is 2.73. The number of ether oxygens (including phenoxy) is 1. The van der Waals surface area contributed by atoms with Crippen LogP contribution in [0.25, 0.3) is 0 Å². The number of urea groups is 1. The molecular weight excluding hydrogens is 301 g/mol. The summed E-state index contributed by atoms with van der Waals surface area (Å²) in [5, 5.41) is 11.6. The van der Waals surface area contributed by atoms with E-state index >= 15 is 0 Å². The third kappa shape index (κ3) is 3.82. The Kier molecular flexibility index (Phi) is 4.80. The smallest absolute Gasteiger partial charge is 0.418 e. The van der Waals surface area contributed by atoms with Crippen molar-refractivity contribution >= 4 is 11.7 Å². The van der Waals surface area contributed by atoms with Crippen LogP contribution in [0.1, 0.15) is 18.9 Å². The van der Waals surface area contributed by atoms with Crippen LogP contribution in [-0.4, -0.2) is 41.8 Å². The van der Waals surface area contributed by atoms with Crippen LogP contribution in [0.15, 0.2) is 18.2 Å². The molecule has 0 spiro atoms. The molecule has 122 valence electrons. The molecule has 1 aromatic rings. The van der Waals surface area contributed by atoms with Crippen LogP contribution in [0.4, 0.5) is 23.7 Å². The van der Waals surface area contributed by atoms with E-state index in [9.17, 15) is 23.1 Å². The number of hydrogen-bond donors (Lipinski definition) is 2. The van der Waals surface area contributed by atoms with E-state index in [1.165, 1.54) is 11.0 Å². The fraction of sp³-hybridized carbons (Fsp3) is 0.500. The highest BCUT2D eigenvalue weighted by atomic mass is 19.4. The second-order valence-electron chi connectivity index (χ2n) is 4.96. The van der Waals surface area contributed by atoms with Crippen LogP contribution in [0, 0.1) is 0 Å². The molecule has 1 fully saturated rings. The van der Waals surface area contributed by atoms with Gasteiger partial charge in [0.05, 0.1) is 24.0 Å². The molecular formula is C14H17F3N2O3. The van der Waals surface area contributed by atoms with Gasteiger partial charge < -0.3 is 20.1 Å². The van der Waals surface area contributed by atoms with Gasteiger partial charge in [-0.05, 0) is 31.5 Å². The van der Waals surface area contributed by atoms with Crippen LogP contribution < -0.4 is 10.1 Å². The van der Waals surface area contributed by atoms with Gasteiger partial charge in [0.25, 0.3) is 0 Å². The standard InChI is InChI=1S/C14H17F3N2O3/c1-2-22-10-3-4-12(11(7-10)14(15,16)17)18-13(21)19-6-5-9(20)8-19/h3-4,7,9,20H,2,5-6,8H2,1H3,(H,18,21)/t9-/m1/s1. The van der Waals surface area contributed by atoms with Crippen molar-refractivity contribution in [3.63, 3.8) is 0 Å². The Morgan fingerprint density at radius 2 is 2.23 bits per heavy atom. The number of nitrogens with one attached hydrogen (secondary N) is 1. The van der Waals surface area contributed by atoms with Crippen LogP contribution in [0.3, 0.4) is 0 Å². The van der Waals surface area contributed by atoms with Gasteiger partial charge in [0, 0.05) is 13.1 Å². The average Bonchev–Trinajstić information content (AvgIpc) is 2.86. The normalized spacial score (nSPS) is 18.4. The Labute approximate surface area is 125 Å². The molecule has 1 saturated heterocycles. The number of aliphatic hydroxyl groups is 1. The number of aliphatic hydroxyl groups excluding tert-OH is 1. The molecule has 1 atom stereocenters. The molecule has 8 heteroatoms. The number of alkyl halides is 3. The van der Waals surface area contributed by atoms with Crippen LogP contribution in [-0.2, 0) is 6.18 Å². The summed E-state index contributed by atoms with van der Waals surface area (Å²) in [4.78, 5) is 13.2. The first-order valence-corrected chi connectivity index (χ1v) is 6.89. The number of carbonyl (C=O) groups is 1. The summed E-state index contributed by atoms with van der Waals surface area (Å²) in [6.45, 7) is 2.34. The maximum atomic E-state index is 13.1. The first-order chi connectivity index (χ1) is 10.3. The van der Waals surface area contributed by atoms with Gasteiger partial charge in [-0.15, -0.1) is 0 Å². The molecule has 1 heterocycles. The number of rotatable bonds is 3. The van der Waals surface area contributed by atoms with Crippen LogP contribution >= 0.6 is 0 Å². The van der Waals surface area contributed by atoms with Gasteiger partial charge in [-0.1, -0.05) is 0 Å². The lowest BCUT2D eigenvalue weighted by Crippen LogP contribution is -2.34. The van der Waals surface area contributed by atoms with Crippen LogP contribution in [0.2, 0.25) is 0 Å². The lowest BCUT2D eigenvalue weighted by atomic mass is 10.1. The summed E-state index contributed by atoms with van der Waals surface area (Å²) in [5.41, 5.74) is -1.30. The second kappa shape index (κ2) is 6.43. The predicted octanol–water partition coefficient (Wildman–Crippen LogP) is 2.70. The van der Waals surface area contributed by atoms with Crippen LogP contribution in [0.5, 0.6) is 5.75 Å². The van der Waals surface area contributed by atoms with Gasteiger partial charge in [-0.3, -0.25) is 0 Å². The Balaban J connectivity index is 2.20. The third-order valence-electron chi connectivity index (χ3n) is 3.30. The topological polar surface area (TPSA) is 61.8 Å². The average molecular weight is 318 g/mol. The SMILES string of the molecule is CCOc1ccc(NC(=O)N2CC[C@@H](O)C2)c(C(F)(F)F)c1. The molecule has 0 aromatic heterocycles. The minimum absolute atomic E-state index is 0.0874. The van der Waals surface area contributed by atoms with E-state index in [0.717, 1.165) is 12.1 Å². The molecule has 1 aromatic carbocycles. The number of likely N-dealkylation sites (tertiary alicyclic amines) is 1. The monoisotopic (exact) mass is 318 g/mol. The lowest BCUT2D eigenvalue weighted by molar-refractivity contribution is -0.137. The quantitative estimate of drug-likeness (QED) is 0.901. The molecule has 1 aliphatic rings. The van der Waals surface area contributed by atoms with Gasteiger partial charge >= 0.3 is 12.2 Å². The van der Waals surface area contributed by atoms with E-state index in [-0.39, 0.29) is 24.6 Å². The third-order valence-corrected chi connectivity index (χ3v) is 3.30. The van der Waals surface area contributed by atoms with Crippen molar-refractivity contribution in [1.82, 2.24) is 4.90 Å². The molecule has 0 saturated carbocycles. The number of carbonyl (C=O) groups excluding carboxylic acids is 1. The molecule has 0 unspecified atom stereocenters. The Morgan fingerprint density at radius 3 is 2.77 bits per heavy atom. The van der Waals surface area contributed by atoms with Crippen molar-refractivity contribution in [2.75, 3.05) is 25.0 Å². The number of amides is 2. The highest BCUT2D eigenvalue weighted by Gasteiger charge is 2.35. The fourth-order valence-corrected chi connectivity index (χ4v) is 2.24. The second-order valence-corrected chi connectivity index (χ2v) is 4.96. The van der Waals surface area contributed by atoms with E-state index < -0.39 is 23.9 Å². The zero-order valence-corrected chi connectivity index (χ0v) is 12.0. The van der Waals surface area contributed by atoms with Crippen molar-refractivity contribution in [1.29, 1.82) is 0 Å². The summed E-state index contributed by atoms with van der Waals surface area (Å²) >= 11 is 0. The van der Waals surface area contributed by atoms with Gasteiger partial charge in [0.15, 0.2) is 0 Å². The summed E-state index contributed by atoms with van der Waals surface area (Å²) < 4.78 is 44.4. The molecule has 0 aliphatic carbocycles. The minimum Gasteiger partial charge on any atom is -0.494 e. The summed E-state index contributed by atoms with van der Waals surface area (Å²) in [6.07, 6.45) is -4.82. The molecule has 1 aliphatic heterocycles. The molecule has 5 nitrogen and oxygen atoms in total. The van der Waals surface area contributed by atoms with Crippen molar-refractivity contribution in [2.45, 2.75) is 25.6 Å². The highest BCUT2D eigenvalue weighted by molar-refractivity contribution is 5.90. The highest BCUT2D eigenvalue weighted by Crippen LogP contribution is 2.37. The molecule has 2 amide bonds. The number of halogens is 3. The van der Waals surface area contributed by atoms with Gasteiger partial charge in [0.2, 0.25) is 0 Å². The number of β-amino-alcohol motifs (C(OH)–C–C–N with tert-alkyl or cyclic N) is 1. The maximum absolute atomic E-state index is 13.1. The molecule has 0 bridgehead atoms. The summed E-state index contributed by atoms with van der Waals surface area (Å²) in [7, 11) is 0. The molecule has 22 heavy (non-hydrogen) atoms. The van der Waals surface area contributed by atoms with Crippen molar-refractivity contribution in [2.24, 2.45) is 0 Å². The Morgan fingerprint density at radius 1 is 1.50 bits per heavy atom. The molecule has 2 N–H and O–H groups in total. The Hall–Kier alpha value is -1.96. The van der Waals surface area contributed by atoms with Gasteiger partial charge in [-0.2, -0.15) is 13.2 Å². The van der Waals surface area contributed by atoms with E-state index in [1.807, 2.05) is 0 Å². The minimum atomic E-state index is -4.61. The first kappa shape index (κ1) is 16.4. The number of nitrogens with zero attached hydrogens (tertiary/aromatic N) is 1. The lowest BCUT2D eigenvalue weighted by Gasteiger charge is -2.19. The largest absolute Gasteiger partial charge is 0.494 e. The van der Waals surface area contributed by atoms with Crippen molar-refractivity contribution in [3.8, 4) is 5.75 Å². The molecule has 2 rings (SSSR count). The van der Waals surface area contributed by atoms with Crippen molar-refractivity contribution in [3.05, 3.63) is 23.8 Å². The zero-order valence-electron chi connectivity index (χ0n) is 12.0. The number of anilines is 1. The van der Waals surface area contributed by atoms with Gasteiger partial charge in [-0.25, -0.2) is 4.79 Å². The fourth-order valence-electron chi connectivity index (χ4n) is 2.24. The van der Waals surface area contributed by atoms with E-state index in [2.05, 4.69) is 5.32 Å². The first-order valence-electron chi connectivity index (χ1n) is 6.89. The number of benzene rings is 1. The van der Waals surface area contributed by atoms with Crippen molar-refractivity contribution < 1.29 is 27.8 Å². The zero-order chi connectivity index (χ0) is 16.3. The van der Waals surface area contributed by atoms with Gasteiger partial charge in [0.1, 0.15) is 5.75 Å². The van der Waals surface area contributed by atoms with E-state index in [4.69, 9.17) is 4.74 Å². The maximum Gasteiger partial charge on any atom is 0.418 e. The molecule has 0 radical (unpaired) electrons. The Bertz CT molecular complexity index is 549. The van der Waals surface area contributed by atoms with E-state index in [1.54, 1.807) is 6.92 Å².